The van der Waals surface area contributed by atoms with Crippen molar-refractivity contribution in [2.24, 2.45) is 5.92 Å². The summed E-state index contributed by atoms with van der Waals surface area (Å²) in [6, 6.07) is 0. The van der Waals surface area contributed by atoms with Gasteiger partial charge in [0.05, 0.1) is 0 Å². The molecule has 0 rings (SSSR count). The standard InChI is InChI=1S/C10H21NO/c1-4-6-7-8-9(5-2)10(12)11-3/h9H,4-8H2,1-3H3,(H,11,12). The first-order chi connectivity index (χ1) is 5.76. The van der Waals surface area contributed by atoms with Crippen LogP contribution < -0.4 is 5.32 Å². The van der Waals surface area contributed by atoms with E-state index < -0.39 is 0 Å². The molecule has 0 aromatic rings. The smallest absolute Gasteiger partial charge is 0.222 e. The monoisotopic (exact) mass is 171 g/mol. The molecule has 0 fully saturated rings. The summed E-state index contributed by atoms with van der Waals surface area (Å²) >= 11 is 0. The zero-order valence-corrected chi connectivity index (χ0v) is 8.52. The minimum absolute atomic E-state index is 0.202. The minimum Gasteiger partial charge on any atom is -0.359 e. The van der Waals surface area contributed by atoms with E-state index in [2.05, 4.69) is 19.2 Å². The summed E-state index contributed by atoms with van der Waals surface area (Å²) in [5.74, 6) is 0.440. The molecule has 12 heavy (non-hydrogen) atoms. The maximum absolute atomic E-state index is 11.2. The second kappa shape index (κ2) is 7.14. The first kappa shape index (κ1) is 11.5. The molecule has 0 radical (unpaired) electrons. The summed E-state index contributed by atoms with van der Waals surface area (Å²) in [6.45, 7) is 4.26. The molecule has 0 heterocycles. The third kappa shape index (κ3) is 4.37. The molecule has 1 unspecified atom stereocenters. The van der Waals surface area contributed by atoms with E-state index in [0.29, 0.717) is 0 Å². The van der Waals surface area contributed by atoms with Crippen LogP contribution in [-0.4, -0.2) is 13.0 Å². The molecule has 0 spiro atoms. The van der Waals surface area contributed by atoms with E-state index in [1.165, 1.54) is 19.3 Å². The Morgan fingerprint density at radius 3 is 2.42 bits per heavy atom. The van der Waals surface area contributed by atoms with E-state index >= 15 is 0 Å². The van der Waals surface area contributed by atoms with Crippen LogP contribution in [0.4, 0.5) is 0 Å². The number of amides is 1. The molecule has 2 nitrogen and oxygen atoms in total. The Kier molecular flexibility index (Phi) is 6.82. The van der Waals surface area contributed by atoms with Crippen molar-refractivity contribution >= 4 is 5.91 Å². The normalized spacial score (nSPS) is 12.6. The van der Waals surface area contributed by atoms with Gasteiger partial charge in [-0.05, 0) is 12.8 Å². The maximum Gasteiger partial charge on any atom is 0.222 e. The van der Waals surface area contributed by atoms with E-state index in [4.69, 9.17) is 0 Å². The predicted octanol–water partition coefficient (Wildman–Crippen LogP) is 2.34. The van der Waals surface area contributed by atoms with Gasteiger partial charge in [0.25, 0.3) is 0 Å². The zero-order valence-electron chi connectivity index (χ0n) is 8.52. The van der Waals surface area contributed by atoms with Crippen molar-refractivity contribution in [3.63, 3.8) is 0 Å². The quantitative estimate of drug-likeness (QED) is 0.611. The molecule has 0 bridgehead atoms. The number of unbranched alkanes of at least 4 members (excludes halogenated alkanes) is 2. The molecule has 0 aliphatic rings. The summed E-state index contributed by atoms with van der Waals surface area (Å²) < 4.78 is 0. The molecule has 1 atom stereocenters. The van der Waals surface area contributed by atoms with Crippen LogP contribution in [0.2, 0.25) is 0 Å². The van der Waals surface area contributed by atoms with Gasteiger partial charge in [-0.15, -0.1) is 0 Å². The van der Waals surface area contributed by atoms with Crippen LogP contribution in [0.5, 0.6) is 0 Å². The topological polar surface area (TPSA) is 29.1 Å². The minimum atomic E-state index is 0.202. The van der Waals surface area contributed by atoms with E-state index in [1.807, 2.05) is 0 Å². The molecule has 0 aromatic carbocycles. The van der Waals surface area contributed by atoms with Crippen molar-refractivity contribution in [1.82, 2.24) is 5.32 Å². The van der Waals surface area contributed by atoms with Gasteiger partial charge < -0.3 is 5.32 Å². The van der Waals surface area contributed by atoms with Crippen molar-refractivity contribution in [3.05, 3.63) is 0 Å². The first-order valence-electron chi connectivity index (χ1n) is 4.97. The maximum atomic E-state index is 11.2. The lowest BCUT2D eigenvalue weighted by molar-refractivity contribution is -0.124. The van der Waals surface area contributed by atoms with Crippen molar-refractivity contribution < 1.29 is 4.79 Å². The van der Waals surface area contributed by atoms with Crippen LogP contribution in [0, 0.1) is 5.92 Å². The van der Waals surface area contributed by atoms with E-state index in [1.54, 1.807) is 7.05 Å². The van der Waals surface area contributed by atoms with Crippen LogP contribution >= 0.6 is 0 Å². The fourth-order valence-electron chi connectivity index (χ4n) is 1.37. The van der Waals surface area contributed by atoms with Crippen LogP contribution in [-0.2, 0) is 4.79 Å². The summed E-state index contributed by atoms with van der Waals surface area (Å²) in [5.41, 5.74) is 0. The third-order valence-corrected chi connectivity index (χ3v) is 2.27. The molecule has 1 N–H and O–H groups in total. The predicted molar refractivity (Wildman–Crippen MR) is 52.0 cm³/mol. The number of hydrogen-bond acceptors (Lipinski definition) is 1. The van der Waals surface area contributed by atoms with E-state index in [-0.39, 0.29) is 11.8 Å². The fourth-order valence-corrected chi connectivity index (χ4v) is 1.37. The van der Waals surface area contributed by atoms with Crippen molar-refractivity contribution in [1.29, 1.82) is 0 Å². The van der Waals surface area contributed by atoms with Gasteiger partial charge in [-0.25, -0.2) is 0 Å². The lowest BCUT2D eigenvalue weighted by Crippen LogP contribution is -2.26. The highest BCUT2D eigenvalue weighted by Crippen LogP contribution is 2.13. The molecule has 72 valence electrons. The highest BCUT2D eigenvalue weighted by Gasteiger charge is 2.13. The van der Waals surface area contributed by atoms with Gasteiger partial charge in [-0.3, -0.25) is 4.79 Å². The number of rotatable bonds is 6. The van der Waals surface area contributed by atoms with Gasteiger partial charge >= 0.3 is 0 Å². The third-order valence-electron chi connectivity index (χ3n) is 2.27. The number of nitrogens with one attached hydrogen (secondary N) is 1. The SMILES string of the molecule is CCCCCC(CC)C(=O)NC. The summed E-state index contributed by atoms with van der Waals surface area (Å²) in [5, 5.41) is 2.70. The number of carbonyl (C=O) groups excluding carboxylic acids is 1. The average Bonchev–Trinajstić information content (AvgIpc) is 2.11. The van der Waals surface area contributed by atoms with E-state index in [0.717, 1.165) is 12.8 Å². The van der Waals surface area contributed by atoms with Crippen molar-refractivity contribution in [2.75, 3.05) is 7.05 Å². The Morgan fingerprint density at radius 1 is 1.33 bits per heavy atom. The average molecular weight is 171 g/mol. The molecule has 0 saturated heterocycles. The van der Waals surface area contributed by atoms with Crippen LogP contribution in [0.3, 0.4) is 0 Å². The fraction of sp³-hybridized carbons (Fsp3) is 0.900. The van der Waals surface area contributed by atoms with Gasteiger partial charge in [0.2, 0.25) is 5.91 Å². The molecule has 0 aromatic heterocycles. The zero-order chi connectivity index (χ0) is 9.40. The highest BCUT2D eigenvalue weighted by molar-refractivity contribution is 5.78. The Balaban J connectivity index is 3.60. The lowest BCUT2D eigenvalue weighted by Gasteiger charge is -2.11. The van der Waals surface area contributed by atoms with Crippen molar-refractivity contribution in [3.8, 4) is 0 Å². The molecular weight excluding hydrogens is 150 g/mol. The molecule has 2 heteroatoms. The number of hydrogen-bond donors (Lipinski definition) is 1. The van der Waals surface area contributed by atoms with Crippen LogP contribution in [0.15, 0.2) is 0 Å². The Labute approximate surface area is 75.7 Å². The van der Waals surface area contributed by atoms with Gasteiger partial charge in [-0.1, -0.05) is 33.1 Å². The van der Waals surface area contributed by atoms with Crippen molar-refractivity contribution in [2.45, 2.75) is 46.0 Å². The molecule has 0 aliphatic heterocycles. The first-order valence-corrected chi connectivity index (χ1v) is 4.97. The van der Waals surface area contributed by atoms with Gasteiger partial charge in [-0.2, -0.15) is 0 Å². The van der Waals surface area contributed by atoms with Crippen LogP contribution in [0.1, 0.15) is 46.0 Å². The Hall–Kier alpha value is -0.530. The largest absolute Gasteiger partial charge is 0.359 e. The molecule has 0 aliphatic carbocycles. The Bertz CT molecular complexity index is 123. The van der Waals surface area contributed by atoms with Gasteiger partial charge in [0.1, 0.15) is 0 Å². The van der Waals surface area contributed by atoms with Crippen LogP contribution in [0.25, 0.3) is 0 Å². The second-order valence-electron chi connectivity index (χ2n) is 3.22. The number of carbonyl (C=O) groups is 1. The summed E-state index contributed by atoms with van der Waals surface area (Å²) in [6.07, 6.45) is 5.66. The Morgan fingerprint density at radius 2 is 2.00 bits per heavy atom. The lowest BCUT2D eigenvalue weighted by atomic mass is 9.98. The molecular formula is C10H21NO. The van der Waals surface area contributed by atoms with E-state index in [9.17, 15) is 4.79 Å². The molecule has 1 amide bonds. The highest BCUT2D eigenvalue weighted by atomic mass is 16.1. The second-order valence-corrected chi connectivity index (χ2v) is 3.22. The summed E-state index contributed by atoms with van der Waals surface area (Å²) in [4.78, 5) is 11.2. The summed E-state index contributed by atoms with van der Waals surface area (Å²) in [7, 11) is 1.71. The molecule has 0 saturated carbocycles. The van der Waals surface area contributed by atoms with Gasteiger partial charge in [0.15, 0.2) is 0 Å². The van der Waals surface area contributed by atoms with Gasteiger partial charge in [0, 0.05) is 13.0 Å².